The van der Waals surface area contributed by atoms with Gasteiger partial charge in [-0.25, -0.2) is 22.0 Å². The number of unbranched alkanes of at least 4 members (excludes halogenated alkanes) is 1. The molecule has 1 N–H and O–H groups in total. The Morgan fingerprint density at radius 2 is 1.25 bits per heavy atom. The van der Waals surface area contributed by atoms with Gasteiger partial charge < -0.3 is 5.32 Å². The van der Waals surface area contributed by atoms with E-state index < -0.39 is 34.8 Å². The Balaban J connectivity index is 3.06. The van der Waals surface area contributed by atoms with Crippen molar-refractivity contribution in [2.75, 3.05) is 5.32 Å². The number of nitrogens with one attached hydrogen (secondary N) is 1. The molecule has 20 heavy (non-hydrogen) atoms. The van der Waals surface area contributed by atoms with Crippen LogP contribution >= 0.6 is 0 Å². The van der Waals surface area contributed by atoms with Crippen LogP contribution in [0.15, 0.2) is 0 Å². The predicted molar refractivity (Wildman–Crippen MR) is 68.1 cm³/mol. The third kappa shape index (κ3) is 3.61. The van der Waals surface area contributed by atoms with E-state index in [0.29, 0.717) is 12.8 Å². The minimum Gasteiger partial charge on any atom is -0.377 e. The number of rotatable bonds is 7. The van der Waals surface area contributed by atoms with E-state index in [1.807, 2.05) is 13.8 Å². The van der Waals surface area contributed by atoms with Crippen molar-refractivity contribution in [3.05, 3.63) is 29.1 Å². The summed E-state index contributed by atoms with van der Waals surface area (Å²) in [5.41, 5.74) is -0.934. The smallest absolute Gasteiger partial charge is 0.200 e. The van der Waals surface area contributed by atoms with Crippen molar-refractivity contribution >= 4 is 5.69 Å². The second-order valence-electron chi connectivity index (χ2n) is 4.72. The van der Waals surface area contributed by atoms with Crippen molar-refractivity contribution in [1.82, 2.24) is 0 Å². The zero-order valence-corrected chi connectivity index (χ0v) is 11.5. The first-order valence-electron chi connectivity index (χ1n) is 6.71. The Hall–Kier alpha value is -1.33. The normalized spacial score (nSPS) is 12.6. The molecule has 1 atom stereocenters. The Kier molecular flexibility index (Phi) is 6.23. The zero-order chi connectivity index (χ0) is 15.3. The Labute approximate surface area is 115 Å². The number of hydrogen-bond acceptors (Lipinski definition) is 1. The maximum absolute atomic E-state index is 13.5. The molecule has 1 aromatic carbocycles. The molecule has 0 saturated heterocycles. The summed E-state index contributed by atoms with van der Waals surface area (Å²) in [6, 6.07) is -0.312. The lowest BCUT2D eigenvalue weighted by atomic mass is 10.0. The average molecular weight is 295 g/mol. The number of anilines is 1. The molecule has 0 fully saturated rings. The number of benzene rings is 1. The average Bonchev–Trinajstić information content (AvgIpc) is 2.45. The van der Waals surface area contributed by atoms with Crippen LogP contribution in [0.25, 0.3) is 0 Å². The van der Waals surface area contributed by atoms with E-state index in [1.165, 1.54) is 0 Å². The molecule has 114 valence electrons. The summed E-state index contributed by atoms with van der Waals surface area (Å²) in [4.78, 5) is 0. The van der Waals surface area contributed by atoms with Crippen LogP contribution in [0.5, 0.6) is 0 Å². The SMILES string of the molecule is CCCCC(CCC)Nc1c(F)c(F)c(F)c(F)c1F. The van der Waals surface area contributed by atoms with Gasteiger partial charge >= 0.3 is 0 Å². The van der Waals surface area contributed by atoms with Gasteiger partial charge in [0.1, 0.15) is 5.69 Å². The molecular weight excluding hydrogens is 277 g/mol. The quantitative estimate of drug-likeness (QED) is 0.416. The number of halogens is 5. The second kappa shape index (κ2) is 7.45. The monoisotopic (exact) mass is 295 g/mol. The molecule has 1 aromatic rings. The molecule has 0 heterocycles. The fourth-order valence-electron chi connectivity index (χ4n) is 2.02. The first-order chi connectivity index (χ1) is 9.43. The third-order valence-electron chi connectivity index (χ3n) is 3.10. The molecule has 1 nitrogen and oxygen atoms in total. The molecule has 6 heteroatoms. The molecule has 0 saturated carbocycles. The van der Waals surface area contributed by atoms with Crippen LogP contribution in [-0.4, -0.2) is 6.04 Å². The third-order valence-corrected chi connectivity index (χ3v) is 3.10. The van der Waals surface area contributed by atoms with Gasteiger partial charge in [-0.15, -0.1) is 0 Å². The first-order valence-corrected chi connectivity index (χ1v) is 6.71. The highest BCUT2D eigenvalue weighted by Gasteiger charge is 2.26. The maximum Gasteiger partial charge on any atom is 0.200 e. The lowest BCUT2D eigenvalue weighted by molar-refractivity contribution is 0.380. The summed E-state index contributed by atoms with van der Waals surface area (Å²) in [6.07, 6.45) is 3.66. The van der Waals surface area contributed by atoms with Crippen molar-refractivity contribution in [1.29, 1.82) is 0 Å². The largest absolute Gasteiger partial charge is 0.377 e. The Morgan fingerprint density at radius 3 is 1.70 bits per heavy atom. The molecule has 0 bridgehead atoms. The molecule has 0 aliphatic rings. The van der Waals surface area contributed by atoms with Crippen LogP contribution in [0.4, 0.5) is 27.6 Å². The topological polar surface area (TPSA) is 12.0 Å². The summed E-state index contributed by atoms with van der Waals surface area (Å²) in [7, 11) is 0. The molecule has 0 spiro atoms. The maximum atomic E-state index is 13.5. The Bertz CT molecular complexity index is 432. The van der Waals surface area contributed by atoms with Crippen LogP contribution in [0.3, 0.4) is 0 Å². The fraction of sp³-hybridized carbons (Fsp3) is 0.571. The molecule has 0 amide bonds. The second-order valence-corrected chi connectivity index (χ2v) is 4.72. The number of hydrogen-bond donors (Lipinski definition) is 1. The van der Waals surface area contributed by atoms with Gasteiger partial charge in [0.05, 0.1) is 0 Å². The summed E-state index contributed by atoms with van der Waals surface area (Å²) in [5.74, 6) is -9.58. The van der Waals surface area contributed by atoms with E-state index in [-0.39, 0.29) is 6.04 Å². The van der Waals surface area contributed by atoms with E-state index in [2.05, 4.69) is 5.32 Å². The molecule has 0 aliphatic carbocycles. The van der Waals surface area contributed by atoms with Crippen LogP contribution < -0.4 is 5.32 Å². The van der Waals surface area contributed by atoms with Crippen molar-refractivity contribution in [2.45, 2.75) is 52.0 Å². The van der Waals surface area contributed by atoms with Crippen molar-refractivity contribution in [2.24, 2.45) is 0 Å². The van der Waals surface area contributed by atoms with Gasteiger partial charge in [0.15, 0.2) is 23.3 Å². The zero-order valence-electron chi connectivity index (χ0n) is 11.5. The molecule has 0 aliphatic heterocycles. The molecule has 0 aromatic heterocycles. The Morgan fingerprint density at radius 1 is 0.750 bits per heavy atom. The fourth-order valence-corrected chi connectivity index (χ4v) is 2.02. The van der Waals surface area contributed by atoms with Crippen molar-refractivity contribution in [3.63, 3.8) is 0 Å². The van der Waals surface area contributed by atoms with Crippen molar-refractivity contribution < 1.29 is 22.0 Å². The highest BCUT2D eigenvalue weighted by molar-refractivity contribution is 5.48. The van der Waals surface area contributed by atoms with Crippen LogP contribution in [0.2, 0.25) is 0 Å². The summed E-state index contributed by atoms with van der Waals surface area (Å²) in [6.45, 7) is 3.85. The highest BCUT2D eigenvalue weighted by Crippen LogP contribution is 2.28. The summed E-state index contributed by atoms with van der Waals surface area (Å²) in [5, 5.41) is 2.46. The van der Waals surface area contributed by atoms with Gasteiger partial charge in [-0.05, 0) is 12.8 Å². The molecule has 0 radical (unpaired) electrons. The summed E-state index contributed by atoms with van der Waals surface area (Å²) < 4.78 is 66.2. The lowest BCUT2D eigenvalue weighted by Crippen LogP contribution is -2.22. The van der Waals surface area contributed by atoms with Gasteiger partial charge in [0.25, 0.3) is 0 Å². The highest BCUT2D eigenvalue weighted by atomic mass is 19.2. The minimum atomic E-state index is -2.13. The molecule has 1 unspecified atom stereocenters. The first kappa shape index (κ1) is 16.7. The van der Waals surface area contributed by atoms with E-state index >= 15 is 0 Å². The predicted octanol–water partition coefficient (Wildman–Crippen LogP) is 5.15. The van der Waals surface area contributed by atoms with E-state index in [4.69, 9.17) is 0 Å². The van der Waals surface area contributed by atoms with Gasteiger partial charge in [-0.1, -0.05) is 33.1 Å². The van der Waals surface area contributed by atoms with Gasteiger partial charge in [0.2, 0.25) is 5.82 Å². The standard InChI is InChI=1S/C14H18F5N/c1-3-5-7-8(6-4-2)20-14-12(18)10(16)9(15)11(17)13(14)19/h8,20H,3-7H2,1-2H3. The van der Waals surface area contributed by atoms with Gasteiger partial charge in [0, 0.05) is 6.04 Å². The lowest BCUT2D eigenvalue weighted by Gasteiger charge is -2.20. The van der Waals surface area contributed by atoms with Gasteiger partial charge in [-0.3, -0.25) is 0 Å². The van der Waals surface area contributed by atoms with Crippen LogP contribution in [0, 0.1) is 29.1 Å². The molecular formula is C14H18F5N. The molecule has 1 rings (SSSR count). The van der Waals surface area contributed by atoms with Gasteiger partial charge in [-0.2, -0.15) is 0 Å². The minimum absolute atomic E-state index is 0.312. The van der Waals surface area contributed by atoms with Crippen LogP contribution in [0.1, 0.15) is 46.0 Å². The van der Waals surface area contributed by atoms with E-state index in [9.17, 15) is 22.0 Å². The van der Waals surface area contributed by atoms with E-state index in [0.717, 1.165) is 19.3 Å². The van der Waals surface area contributed by atoms with E-state index in [1.54, 1.807) is 0 Å². The summed E-state index contributed by atoms with van der Waals surface area (Å²) >= 11 is 0. The van der Waals surface area contributed by atoms with Crippen molar-refractivity contribution in [3.8, 4) is 0 Å². The van der Waals surface area contributed by atoms with Crippen LogP contribution in [-0.2, 0) is 0 Å².